The monoisotopic (exact) mass is 577 g/mol. The number of nitrogens with one attached hydrogen (secondary N) is 2. The lowest BCUT2D eigenvalue weighted by molar-refractivity contribution is -0.161. The molecule has 0 aliphatic heterocycles. The zero-order valence-electron chi connectivity index (χ0n) is 16.3. The van der Waals surface area contributed by atoms with Crippen molar-refractivity contribution in [2.75, 3.05) is 0 Å². The van der Waals surface area contributed by atoms with Crippen LogP contribution in [-0.2, 0) is 11.2 Å². The maximum Gasteiger partial charge on any atom is 0.407 e. The maximum absolute atomic E-state index is 13.9. The Kier molecular flexibility index (Phi) is 7.17. The summed E-state index contributed by atoms with van der Waals surface area (Å²) in [7, 11) is 0. The zero-order chi connectivity index (χ0) is 23.7. The molecule has 32 heavy (non-hydrogen) atoms. The summed E-state index contributed by atoms with van der Waals surface area (Å²) in [6, 6.07) is 5.15. The zero-order valence-corrected chi connectivity index (χ0v) is 19.5. The molecule has 0 aromatic heterocycles. The van der Waals surface area contributed by atoms with E-state index in [1.165, 1.54) is 12.1 Å². The van der Waals surface area contributed by atoms with Gasteiger partial charge in [-0.05, 0) is 86.5 Å². The van der Waals surface area contributed by atoms with E-state index in [1.807, 2.05) is 6.07 Å². The van der Waals surface area contributed by atoms with Crippen molar-refractivity contribution in [3.05, 3.63) is 62.3 Å². The molecule has 1 fully saturated rings. The number of nitriles is 1. The minimum Gasteiger partial charge on any atom is -0.506 e. The number of alkyl halides is 3. The Morgan fingerprint density at radius 1 is 1.19 bits per heavy atom. The second-order valence-electron chi connectivity index (χ2n) is 7.54. The van der Waals surface area contributed by atoms with Crippen LogP contribution in [0.3, 0.4) is 0 Å². The van der Waals surface area contributed by atoms with Crippen LogP contribution >= 0.6 is 31.9 Å². The van der Waals surface area contributed by atoms with Gasteiger partial charge in [-0.1, -0.05) is 12.1 Å². The van der Waals surface area contributed by atoms with Crippen LogP contribution in [0.5, 0.6) is 5.75 Å². The van der Waals surface area contributed by atoms with Crippen molar-refractivity contribution in [2.24, 2.45) is 0 Å². The number of hydrogen-bond acceptors (Lipinski definition) is 4. The first-order chi connectivity index (χ1) is 14.9. The van der Waals surface area contributed by atoms with E-state index in [2.05, 4.69) is 42.5 Å². The number of nitrogens with zero attached hydrogens (tertiary/aromatic N) is 1. The summed E-state index contributed by atoms with van der Waals surface area (Å²) in [5.74, 6) is -1.54. The van der Waals surface area contributed by atoms with Gasteiger partial charge in [-0.3, -0.25) is 10.1 Å². The lowest BCUT2D eigenvalue weighted by atomic mass is 10.0. The van der Waals surface area contributed by atoms with E-state index in [0.29, 0.717) is 27.4 Å². The van der Waals surface area contributed by atoms with E-state index in [0.717, 1.165) is 24.3 Å². The molecule has 1 aliphatic carbocycles. The number of halogens is 6. The highest BCUT2D eigenvalue weighted by atomic mass is 79.9. The molecular weight excluding hydrogens is 562 g/mol. The van der Waals surface area contributed by atoms with E-state index < -0.39 is 35.5 Å². The van der Waals surface area contributed by atoms with Crippen LogP contribution in [0, 0.1) is 17.1 Å². The molecule has 0 heterocycles. The van der Waals surface area contributed by atoms with Crippen LogP contribution in [0.25, 0.3) is 0 Å². The number of benzene rings is 2. The molecule has 0 spiro atoms. The van der Waals surface area contributed by atoms with Crippen LogP contribution in [0.15, 0.2) is 45.3 Å². The maximum atomic E-state index is 13.9. The third kappa shape index (κ3) is 5.79. The van der Waals surface area contributed by atoms with Gasteiger partial charge in [0.1, 0.15) is 23.1 Å². The first-order valence-electron chi connectivity index (χ1n) is 9.42. The fourth-order valence-corrected chi connectivity index (χ4v) is 4.43. The molecule has 2 aromatic rings. The molecule has 5 nitrogen and oxygen atoms in total. The Morgan fingerprint density at radius 2 is 1.75 bits per heavy atom. The molecule has 0 radical (unpaired) electrons. The summed E-state index contributed by atoms with van der Waals surface area (Å²) in [6.07, 6.45) is -4.12. The fraction of sp³-hybridized carbons (Fsp3) is 0.333. The first kappa shape index (κ1) is 24.5. The van der Waals surface area contributed by atoms with Gasteiger partial charge in [0.15, 0.2) is 0 Å². The summed E-state index contributed by atoms with van der Waals surface area (Å²) < 4.78 is 55.5. The molecule has 0 saturated heterocycles. The molecule has 2 aromatic carbocycles. The highest BCUT2D eigenvalue weighted by Gasteiger charge is 2.47. The molecule has 3 rings (SSSR count). The molecular formula is C21H17Br2F4N3O2. The number of aromatic hydroxyl groups is 1. The number of phenols is 1. The number of rotatable bonds is 7. The van der Waals surface area contributed by atoms with Crippen LogP contribution in [-0.4, -0.2) is 28.8 Å². The van der Waals surface area contributed by atoms with Gasteiger partial charge in [-0.15, -0.1) is 0 Å². The smallest absolute Gasteiger partial charge is 0.407 e. The number of amides is 1. The molecule has 170 valence electrons. The van der Waals surface area contributed by atoms with Crippen LogP contribution in [0.1, 0.15) is 30.0 Å². The summed E-state index contributed by atoms with van der Waals surface area (Å²) >= 11 is 6.32. The SMILES string of the molecule is N#CC1(NC(=O)[C@H](Cc2cc(Br)c(O)c(Br)c2)N[C@@H](c2ccc(F)cc2)C(F)(F)F)CC1. The van der Waals surface area contributed by atoms with E-state index in [9.17, 15) is 32.7 Å². The first-order valence-corrected chi connectivity index (χ1v) is 11.0. The minimum atomic E-state index is -4.78. The standard InChI is InChI=1S/C21H17Br2F4N3O2/c22-14-7-11(8-15(23)17(14)31)9-16(19(32)30-20(10-28)5-6-20)29-18(21(25,26)27)12-1-3-13(24)4-2-12/h1-4,7-8,16,18,29,31H,5-6,9H2,(H,30,32)/t16-,18-/m0/s1. The van der Waals surface area contributed by atoms with Gasteiger partial charge in [-0.2, -0.15) is 18.4 Å². The van der Waals surface area contributed by atoms with Gasteiger partial charge in [0.25, 0.3) is 0 Å². The molecule has 0 unspecified atom stereocenters. The second-order valence-corrected chi connectivity index (χ2v) is 9.25. The van der Waals surface area contributed by atoms with Gasteiger partial charge in [0, 0.05) is 0 Å². The van der Waals surface area contributed by atoms with Crippen molar-refractivity contribution in [2.45, 2.75) is 43.1 Å². The molecule has 2 atom stereocenters. The summed E-state index contributed by atoms with van der Waals surface area (Å²) in [5.41, 5.74) is -0.876. The van der Waals surface area contributed by atoms with Crippen LogP contribution < -0.4 is 10.6 Å². The second kappa shape index (κ2) is 9.37. The summed E-state index contributed by atoms with van der Waals surface area (Å²) in [6.45, 7) is 0. The van der Waals surface area contributed by atoms with Gasteiger partial charge in [-0.25, -0.2) is 4.39 Å². The van der Waals surface area contributed by atoms with Crippen molar-refractivity contribution in [3.63, 3.8) is 0 Å². The topological polar surface area (TPSA) is 85.2 Å². The van der Waals surface area contributed by atoms with Gasteiger partial charge in [0.05, 0.1) is 21.1 Å². The van der Waals surface area contributed by atoms with E-state index >= 15 is 0 Å². The Balaban J connectivity index is 1.94. The predicted octanol–water partition coefficient (Wildman–Crippen LogP) is 5.03. The van der Waals surface area contributed by atoms with Crippen LogP contribution in [0.4, 0.5) is 17.6 Å². The number of hydrogen-bond donors (Lipinski definition) is 3. The van der Waals surface area contributed by atoms with Crippen molar-refractivity contribution < 1.29 is 27.5 Å². The van der Waals surface area contributed by atoms with Gasteiger partial charge < -0.3 is 10.4 Å². The Hall–Kier alpha value is -2.16. The third-order valence-electron chi connectivity index (χ3n) is 5.06. The molecule has 11 heteroatoms. The lowest BCUT2D eigenvalue weighted by Gasteiger charge is -2.28. The van der Waals surface area contributed by atoms with Gasteiger partial charge >= 0.3 is 6.18 Å². The average Bonchev–Trinajstić information content (AvgIpc) is 3.49. The van der Waals surface area contributed by atoms with Crippen molar-refractivity contribution >= 4 is 37.8 Å². The fourth-order valence-electron chi connectivity index (χ4n) is 3.15. The average molecular weight is 579 g/mol. The molecule has 1 aliphatic rings. The number of carbonyl (C=O) groups excluding carboxylic acids is 1. The number of carbonyl (C=O) groups is 1. The third-order valence-corrected chi connectivity index (χ3v) is 6.27. The largest absolute Gasteiger partial charge is 0.506 e. The Labute approximate surface area is 198 Å². The molecule has 3 N–H and O–H groups in total. The molecule has 0 bridgehead atoms. The predicted molar refractivity (Wildman–Crippen MR) is 115 cm³/mol. The summed E-state index contributed by atoms with van der Waals surface area (Å²) in [5, 5.41) is 24.0. The Bertz CT molecular complexity index is 1030. The quantitative estimate of drug-likeness (QED) is 0.402. The van der Waals surface area contributed by atoms with Crippen LogP contribution in [0.2, 0.25) is 0 Å². The van der Waals surface area contributed by atoms with Gasteiger partial charge in [0.2, 0.25) is 5.91 Å². The highest BCUT2D eigenvalue weighted by Crippen LogP contribution is 2.37. The normalized spacial score (nSPS) is 16.7. The van der Waals surface area contributed by atoms with Crippen molar-refractivity contribution in [1.29, 1.82) is 5.26 Å². The Morgan fingerprint density at radius 3 is 2.22 bits per heavy atom. The molecule has 1 saturated carbocycles. The van der Waals surface area contributed by atoms with E-state index in [-0.39, 0.29) is 17.7 Å². The molecule has 1 amide bonds. The lowest BCUT2D eigenvalue weighted by Crippen LogP contribution is -2.52. The van der Waals surface area contributed by atoms with Crippen molar-refractivity contribution in [1.82, 2.24) is 10.6 Å². The number of phenolic OH excluding ortho intramolecular Hbond substituents is 1. The highest BCUT2D eigenvalue weighted by molar-refractivity contribution is 9.11. The summed E-state index contributed by atoms with van der Waals surface area (Å²) in [4.78, 5) is 12.9. The van der Waals surface area contributed by atoms with Crippen molar-refractivity contribution in [3.8, 4) is 11.8 Å². The minimum absolute atomic E-state index is 0.0939. The van der Waals surface area contributed by atoms with E-state index in [1.54, 1.807) is 0 Å². The van der Waals surface area contributed by atoms with E-state index in [4.69, 9.17) is 0 Å².